The molecular formula is C23H32ClNO3. The molecule has 0 aromatic heterocycles. The number of carbonyl (C=O) groups is 1. The third-order valence-electron chi connectivity index (χ3n) is 4.88. The number of nitrogens with two attached hydrogens (primary N) is 1. The third-order valence-corrected chi connectivity index (χ3v) is 4.88. The Morgan fingerprint density at radius 2 is 1.46 bits per heavy atom. The second kappa shape index (κ2) is 11.7. The van der Waals surface area contributed by atoms with Crippen molar-refractivity contribution in [3.63, 3.8) is 0 Å². The van der Waals surface area contributed by atoms with Crippen molar-refractivity contribution < 1.29 is 14.3 Å². The molecule has 2 rings (SSSR count). The van der Waals surface area contributed by atoms with E-state index >= 15 is 0 Å². The number of hydrogen-bond donors (Lipinski definition) is 1. The highest BCUT2D eigenvalue weighted by Gasteiger charge is 2.30. The Bertz CT molecular complexity index is 700. The van der Waals surface area contributed by atoms with E-state index in [-0.39, 0.29) is 30.5 Å². The molecule has 2 N–H and O–H groups in total. The summed E-state index contributed by atoms with van der Waals surface area (Å²) in [6.45, 7) is 7.76. The molecule has 2 aromatic carbocycles. The molecule has 3 atom stereocenters. The number of rotatable bonds is 9. The first-order chi connectivity index (χ1) is 13.0. The molecule has 2 aromatic rings. The van der Waals surface area contributed by atoms with Gasteiger partial charge in [0.15, 0.2) is 0 Å². The largest absolute Gasteiger partial charge is 0.486 e. The van der Waals surface area contributed by atoms with Crippen molar-refractivity contribution in [2.24, 2.45) is 11.7 Å². The molecule has 0 saturated heterocycles. The third kappa shape index (κ3) is 6.54. The van der Waals surface area contributed by atoms with Gasteiger partial charge in [0.05, 0.1) is 0 Å². The predicted octanol–water partition coefficient (Wildman–Crippen LogP) is 5.24. The van der Waals surface area contributed by atoms with E-state index in [2.05, 4.69) is 26.0 Å². The Hall–Kier alpha value is -2.04. The molecule has 0 radical (unpaired) electrons. The van der Waals surface area contributed by atoms with Crippen molar-refractivity contribution in [3.8, 4) is 16.9 Å². The lowest BCUT2D eigenvalue weighted by molar-refractivity contribution is -0.155. The first-order valence-corrected chi connectivity index (χ1v) is 9.74. The van der Waals surface area contributed by atoms with Gasteiger partial charge in [-0.1, -0.05) is 56.3 Å². The Kier molecular flexibility index (Phi) is 10.0. The molecule has 0 heterocycles. The summed E-state index contributed by atoms with van der Waals surface area (Å²) in [4.78, 5) is 11.9. The van der Waals surface area contributed by atoms with Crippen LogP contribution in [0, 0.1) is 5.92 Å². The Morgan fingerprint density at radius 3 is 1.96 bits per heavy atom. The fraction of sp³-hybridized carbons (Fsp3) is 0.435. The molecule has 0 aliphatic rings. The summed E-state index contributed by atoms with van der Waals surface area (Å²) in [5.74, 6) is 0.659. The van der Waals surface area contributed by atoms with Gasteiger partial charge in [0.2, 0.25) is 0 Å². The molecule has 0 saturated carbocycles. The predicted molar refractivity (Wildman–Crippen MR) is 117 cm³/mol. The highest BCUT2D eigenvalue weighted by molar-refractivity contribution is 5.85. The summed E-state index contributed by atoms with van der Waals surface area (Å²) in [6, 6.07) is 17.6. The minimum absolute atomic E-state index is 0. The van der Waals surface area contributed by atoms with Crippen molar-refractivity contribution in [2.75, 3.05) is 0 Å². The maximum atomic E-state index is 11.9. The van der Waals surface area contributed by atoms with E-state index in [0.717, 1.165) is 24.2 Å². The van der Waals surface area contributed by atoms with Crippen LogP contribution < -0.4 is 10.5 Å². The van der Waals surface area contributed by atoms with Crippen molar-refractivity contribution in [1.29, 1.82) is 0 Å². The molecule has 0 amide bonds. The van der Waals surface area contributed by atoms with Crippen LogP contribution in [-0.2, 0) is 9.53 Å². The van der Waals surface area contributed by atoms with E-state index in [0.29, 0.717) is 0 Å². The Morgan fingerprint density at radius 1 is 0.929 bits per heavy atom. The lowest BCUT2D eigenvalue weighted by Crippen LogP contribution is -2.42. The second-order valence-corrected chi connectivity index (χ2v) is 6.98. The fourth-order valence-electron chi connectivity index (χ4n) is 3.20. The van der Waals surface area contributed by atoms with Crippen LogP contribution in [0.4, 0.5) is 0 Å². The molecule has 0 fully saturated rings. The zero-order chi connectivity index (χ0) is 19.8. The van der Waals surface area contributed by atoms with Crippen molar-refractivity contribution >= 4 is 18.4 Å². The number of carbonyl (C=O) groups excluding carboxylic acids is 1. The molecule has 0 aliphatic heterocycles. The molecule has 5 heteroatoms. The lowest BCUT2D eigenvalue weighted by Gasteiger charge is -2.31. The SMILES string of the molecule is CCC(CC)[C@@H](Oc1ccc(-c2ccccc2)cc1)[C@H](C)OC(=O)[C@H](C)N.Cl. The van der Waals surface area contributed by atoms with E-state index in [1.165, 1.54) is 5.56 Å². The van der Waals surface area contributed by atoms with Crippen LogP contribution in [0.2, 0.25) is 0 Å². The van der Waals surface area contributed by atoms with Crippen LogP contribution in [0.3, 0.4) is 0 Å². The number of benzene rings is 2. The summed E-state index contributed by atoms with van der Waals surface area (Å²) in [5.41, 5.74) is 7.94. The van der Waals surface area contributed by atoms with Gasteiger partial charge in [-0.05, 0) is 55.9 Å². The van der Waals surface area contributed by atoms with Gasteiger partial charge in [0.1, 0.15) is 24.0 Å². The maximum Gasteiger partial charge on any atom is 0.323 e. The van der Waals surface area contributed by atoms with E-state index in [4.69, 9.17) is 15.2 Å². The summed E-state index contributed by atoms with van der Waals surface area (Å²) in [7, 11) is 0. The Balaban J connectivity index is 0.00000392. The van der Waals surface area contributed by atoms with E-state index in [1.54, 1.807) is 6.92 Å². The van der Waals surface area contributed by atoms with Crippen molar-refractivity contribution in [1.82, 2.24) is 0 Å². The molecule has 0 bridgehead atoms. The first kappa shape index (κ1) is 24.0. The van der Waals surface area contributed by atoms with Gasteiger partial charge in [-0.25, -0.2) is 0 Å². The maximum absolute atomic E-state index is 11.9. The molecular weight excluding hydrogens is 374 g/mol. The van der Waals surface area contributed by atoms with Gasteiger partial charge in [0.25, 0.3) is 0 Å². The van der Waals surface area contributed by atoms with Gasteiger partial charge in [-0.15, -0.1) is 12.4 Å². The molecule has 28 heavy (non-hydrogen) atoms. The normalized spacial score (nSPS) is 13.9. The average Bonchev–Trinajstić information content (AvgIpc) is 2.69. The smallest absolute Gasteiger partial charge is 0.323 e. The Labute approximate surface area is 174 Å². The lowest BCUT2D eigenvalue weighted by atomic mass is 9.93. The summed E-state index contributed by atoms with van der Waals surface area (Å²) in [5, 5.41) is 0. The second-order valence-electron chi connectivity index (χ2n) is 6.98. The summed E-state index contributed by atoms with van der Waals surface area (Å²) < 4.78 is 11.8. The minimum atomic E-state index is -0.639. The highest BCUT2D eigenvalue weighted by Crippen LogP contribution is 2.27. The summed E-state index contributed by atoms with van der Waals surface area (Å²) >= 11 is 0. The van der Waals surface area contributed by atoms with Gasteiger partial charge in [0, 0.05) is 0 Å². The average molecular weight is 406 g/mol. The zero-order valence-corrected chi connectivity index (χ0v) is 17.9. The quantitative estimate of drug-likeness (QED) is 0.579. The zero-order valence-electron chi connectivity index (χ0n) is 17.1. The summed E-state index contributed by atoms with van der Waals surface area (Å²) in [6.07, 6.45) is 1.31. The van der Waals surface area contributed by atoms with Crippen LogP contribution in [0.5, 0.6) is 5.75 Å². The monoisotopic (exact) mass is 405 g/mol. The van der Waals surface area contributed by atoms with E-state index < -0.39 is 12.0 Å². The molecule has 4 nitrogen and oxygen atoms in total. The first-order valence-electron chi connectivity index (χ1n) is 9.74. The van der Waals surface area contributed by atoms with E-state index in [1.807, 2.05) is 49.4 Å². The van der Waals surface area contributed by atoms with Crippen LogP contribution >= 0.6 is 12.4 Å². The van der Waals surface area contributed by atoms with Crippen LogP contribution in [0.15, 0.2) is 54.6 Å². The van der Waals surface area contributed by atoms with Crippen LogP contribution in [0.1, 0.15) is 40.5 Å². The van der Waals surface area contributed by atoms with Crippen molar-refractivity contribution in [2.45, 2.75) is 58.8 Å². The van der Waals surface area contributed by atoms with Gasteiger partial charge < -0.3 is 15.2 Å². The van der Waals surface area contributed by atoms with Gasteiger partial charge in [-0.2, -0.15) is 0 Å². The van der Waals surface area contributed by atoms with Gasteiger partial charge >= 0.3 is 5.97 Å². The van der Waals surface area contributed by atoms with Crippen molar-refractivity contribution in [3.05, 3.63) is 54.6 Å². The molecule has 0 unspecified atom stereocenters. The van der Waals surface area contributed by atoms with Gasteiger partial charge in [-0.3, -0.25) is 4.79 Å². The number of halogens is 1. The number of esters is 1. The van der Waals surface area contributed by atoms with Crippen LogP contribution in [-0.4, -0.2) is 24.2 Å². The fourth-order valence-corrected chi connectivity index (χ4v) is 3.20. The van der Waals surface area contributed by atoms with E-state index in [9.17, 15) is 4.79 Å². The van der Waals surface area contributed by atoms with Crippen LogP contribution in [0.25, 0.3) is 11.1 Å². The molecule has 0 spiro atoms. The topological polar surface area (TPSA) is 61.5 Å². The number of hydrogen-bond acceptors (Lipinski definition) is 4. The minimum Gasteiger partial charge on any atom is -0.486 e. The standard InChI is InChI=1S/C23H31NO3.ClH/c1-5-18(6-2)22(17(4)26-23(25)16(3)24)27-21-14-12-20(13-15-21)19-10-8-7-9-11-19;/h7-18,22H,5-6,24H2,1-4H3;1H/t16-,17-,22-;/m0./s1. The highest BCUT2D eigenvalue weighted by atomic mass is 35.5. The molecule has 0 aliphatic carbocycles. The molecule has 154 valence electrons. The number of ether oxygens (including phenoxy) is 2.